The summed E-state index contributed by atoms with van der Waals surface area (Å²) >= 11 is 0. The SMILES string of the molecule is O=C(NC1CCCNC1=O)c1c(O)cccc1O. The third-order valence-corrected chi connectivity index (χ3v) is 2.84. The highest BCUT2D eigenvalue weighted by atomic mass is 16.3. The van der Waals surface area contributed by atoms with E-state index in [-0.39, 0.29) is 23.0 Å². The predicted octanol–water partition coefficient (Wildman–Crippen LogP) is 0.106. The molecular weight excluding hydrogens is 236 g/mol. The summed E-state index contributed by atoms with van der Waals surface area (Å²) in [5, 5.41) is 24.2. The molecule has 18 heavy (non-hydrogen) atoms. The number of phenols is 2. The maximum Gasteiger partial charge on any atom is 0.259 e. The predicted molar refractivity (Wildman–Crippen MR) is 63.3 cm³/mol. The smallest absolute Gasteiger partial charge is 0.259 e. The Labute approximate surface area is 104 Å². The second-order valence-electron chi connectivity index (χ2n) is 4.13. The van der Waals surface area contributed by atoms with Crippen molar-refractivity contribution < 1.29 is 19.8 Å². The number of carbonyl (C=O) groups is 2. The van der Waals surface area contributed by atoms with E-state index in [1.54, 1.807) is 0 Å². The van der Waals surface area contributed by atoms with E-state index in [4.69, 9.17) is 0 Å². The van der Waals surface area contributed by atoms with Gasteiger partial charge in [-0.1, -0.05) is 6.07 Å². The van der Waals surface area contributed by atoms with Gasteiger partial charge in [-0.15, -0.1) is 0 Å². The van der Waals surface area contributed by atoms with Gasteiger partial charge < -0.3 is 20.8 Å². The van der Waals surface area contributed by atoms with Crippen LogP contribution in [-0.4, -0.2) is 34.6 Å². The molecule has 0 aliphatic carbocycles. The summed E-state index contributed by atoms with van der Waals surface area (Å²) in [7, 11) is 0. The molecule has 2 rings (SSSR count). The Morgan fingerprint density at radius 1 is 1.33 bits per heavy atom. The van der Waals surface area contributed by atoms with Crippen molar-refractivity contribution in [3.8, 4) is 11.5 Å². The molecule has 0 saturated carbocycles. The van der Waals surface area contributed by atoms with Gasteiger partial charge in [0.1, 0.15) is 23.1 Å². The molecular formula is C12H14N2O4. The Morgan fingerprint density at radius 3 is 2.61 bits per heavy atom. The van der Waals surface area contributed by atoms with Crippen molar-refractivity contribution in [2.24, 2.45) is 0 Å². The lowest BCUT2D eigenvalue weighted by atomic mass is 10.1. The van der Waals surface area contributed by atoms with E-state index in [0.29, 0.717) is 13.0 Å². The fourth-order valence-corrected chi connectivity index (χ4v) is 1.90. The van der Waals surface area contributed by atoms with Crippen LogP contribution in [-0.2, 0) is 4.79 Å². The molecule has 0 aromatic heterocycles. The zero-order valence-electron chi connectivity index (χ0n) is 9.64. The van der Waals surface area contributed by atoms with Crippen LogP contribution in [0.25, 0.3) is 0 Å². The summed E-state index contributed by atoms with van der Waals surface area (Å²) in [6.07, 6.45) is 1.33. The van der Waals surface area contributed by atoms with Crippen LogP contribution in [0, 0.1) is 0 Å². The molecule has 0 radical (unpaired) electrons. The molecule has 1 aliphatic rings. The fourth-order valence-electron chi connectivity index (χ4n) is 1.90. The van der Waals surface area contributed by atoms with Gasteiger partial charge in [-0.25, -0.2) is 0 Å². The minimum atomic E-state index is -0.660. The van der Waals surface area contributed by atoms with Crippen LogP contribution in [0.15, 0.2) is 18.2 Å². The van der Waals surface area contributed by atoms with Gasteiger partial charge in [0.15, 0.2) is 0 Å². The first-order chi connectivity index (χ1) is 8.59. The highest BCUT2D eigenvalue weighted by Gasteiger charge is 2.26. The Hall–Kier alpha value is -2.24. The average molecular weight is 250 g/mol. The quantitative estimate of drug-likeness (QED) is 0.598. The lowest BCUT2D eigenvalue weighted by Gasteiger charge is -2.23. The number of hydrogen-bond acceptors (Lipinski definition) is 4. The summed E-state index contributed by atoms with van der Waals surface area (Å²) in [5.41, 5.74) is -0.212. The van der Waals surface area contributed by atoms with Crippen molar-refractivity contribution in [1.29, 1.82) is 0 Å². The van der Waals surface area contributed by atoms with Crippen LogP contribution in [0.4, 0.5) is 0 Å². The van der Waals surface area contributed by atoms with Crippen molar-refractivity contribution in [1.82, 2.24) is 10.6 Å². The van der Waals surface area contributed by atoms with Crippen LogP contribution in [0.5, 0.6) is 11.5 Å². The van der Waals surface area contributed by atoms with E-state index in [1.807, 2.05) is 0 Å². The molecule has 1 saturated heterocycles. The van der Waals surface area contributed by atoms with Gasteiger partial charge in [0.2, 0.25) is 5.91 Å². The lowest BCUT2D eigenvalue weighted by Crippen LogP contribution is -2.50. The second kappa shape index (κ2) is 4.95. The van der Waals surface area contributed by atoms with E-state index in [0.717, 1.165) is 6.42 Å². The van der Waals surface area contributed by atoms with Crippen molar-refractivity contribution in [3.05, 3.63) is 23.8 Å². The molecule has 1 fully saturated rings. The number of benzene rings is 1. The Bertz CT molecular complexity index is 467. The van der Waals surface area contributed by atoms with Gasteiger partial charge in [-0.3, -0.25) is 9.59 Å². The summed E-state index contributed by atoms with van der Waals surface area (Å²) in [6, 6.07) is 3.41. The molecule has 1 aromatic carbocycles. The summed E-state index contributed by atoms with van der Waals surface area (Å²) < 4.78 is 0. The molecule has 2 amide bonds. The van der Waals surface area contributed by atoms with Gasteiger partial charge in [0, 0.05) is 6.54 Å². The maximum atomic E-state index is 11.9. The van der Waals surface area contributed by atoms with Gasteiger partial charge in [0.25, 0.3) is 5.91 Å². The van der Waals surface area contributed by atoms with Gasteiger partial charge in [-0.05, 0) is 25.0 Å². The minimum absolute atomic E-state index is 0.212. The molecule has 1 unspecified atom stereocenters. The van der Waals surface area contributed by atoms with Crippen LogP contribution >= 0.6 is 0 Å². The monoisotopic (exact) mass is 250 g/mol. The molecule has 6 nitrogen and oxygen atoms in total. The van der Waals surface area contributed by atoms with Crippen molar-refractivity contribution in [2.75, 3.05) is 6.54 Å². The van der Waals surface area contributed by atoms with Crippen LogP contribution in [0.3, 0.4) is 0 Å². The molecule has 96 valence electrons. The molecule has 0 spiro atoms. The third kappa shape index (κ3) is 2.37. The minimum Gasteiger partial charge on any atom is -0.507 e. The zero-order valence-corrected chi connectivity index (χ0v) is 9.64. The van der Waals surface area contributed by atoms with E-state index < -0.39 is 11.9 Å². The first-order valence-electron chi connectivity index (χ1n) is 5.69. The number of piperidine rings is 1. The highest BCUT2D eigenvalue weighted by molar-refractivity contribution is 6.01. The van der Waals surface area contributed by atoms with Crippen LogP contribution < -0.4 is 10.6 Å². The van der Waals surface area contributed by atoms with Crippen LogP contribution in [0.1, 0.15) is 23.2 Å². The van der Waals surface area contributed by atoms with Crippen molar-refractivity contribution >= 4 is 11.8 Å². The fraction of sp³-hybridized carbons (Fsp3) is 0.333. The van der Waals surface area contributed by atoms with E-state index in [9.17, 15) is 19.8 Å². The summed E-state index contributed by atoms with van der Waals surface area (Å²) in [4.78, 5) is 23.4. The lowest BCUT2D eigenvalue weighted by molar-refractivity contribution is -0.124. The largest absolute Gasteiger partial charge is 0.507 e. The zero-order chi connectivity index (χ0) is 13.1. The van der Waals surface area contributed by atoms with Gasteiger partial charge in [-0.2, -0.15) is 0 Å². The van der Waals surface area contributed by atoms with Gasteiger partial charge in [0.05, 0.1) is 0 Å². The standard InChI is InChI=1S/C12H14N2O4/c15-8-4-1-5-9(16)10(8)12(18)14-7-3-2-6-13-11(7)17/h1,4-5,7,15-16H,2-3,6H2,(H,13,17)(H,14,18). The highest BCUT2D eigenvalue weighted by Crippen LogP contribution is 2.26. The number of aromatic hydroxyl groups is 2. The van der Waals surface area contributed by atoms with E-state index in [2.05, 4.69) is 10.6 Å². The second-order valence-corrected chi connectivity index (χ2v) is 4.13. The third-order valence-electron chi connectivity index (χ3n) is 2.84. The first-order valence-corrected chi connectivity index (χ1v) is 5.69. The number of carbonyl (C=O) groups excluding carboxylic acids is 2. The molecule has 1 heterocycles. The first kappa shape index (κ1) is 12.2. The Morgan fingerprint density at radius 2 is 2.00 bits per heavy atom. The topological polar surface area (TPSA) is 98.7 Å². The molecule has 1 atom stereocenters. The number of rotatable bonds is 2. The number of phenolic OH excluding ortho intramolecular Hbond substituents is 2. The van der Waals surface area contributed by atoms with Crippen molar-refractivity contribution in [2.45, 2.75) is 18.9 Å². The number of amides is 2. The van der Waals surface area contributed by atoms with E-state index >= 15 is 0 Å². The molecule has 6 heteroatoms. The molecule has 4 N–H and O–H groups in total. The number of nitrogens with one attached hydrogen (secondary N) is 2. The van der Waals surface area contributed by atoms with Crippen LogP contribution in [0.2, 0.25) is 0 Å². The van der Waals surface area contributed by atoms with Crippen molar-refractivity contribution in [3.63, 3.8) is 0 Å². The molecule has 1 aromatic rings. The normalized spacial score (nSPS) is 19.1. The summed E-state index contributed by atoms with van der Waals surface area (Å²) in [6.45, 7) is 0.604. The van der Waals surface area contributed by atoms with Gasteiger partial charge >= 0.3 is 0 Å². The Kier molecular flexibility index (Phi) is 3.36. The maximum absolute atomic E-state index is 11.9. The summed E-state index contributed by atoms with van der Waals surface area (Å²) in [5.74, 6) is -1.54. The Balaban J connectivity index is 2.14. The van der Waals surface area contributed by atoms with E-state index in [1.165, 1.54) is 18.2 Å². The average Bonchev–Trinajstić information content (AvgIpc) is 2.32. The molecule has 1 aliphatic heterocycles. The molecule has 0 bridgehead atoms. The number of hydrogen-bond donors (Lipinski definition) is 4.